The summed E-state index contributed by atoms with van der Waals surface area (Å²) in [6, 6.07) is 8.03. The van der Waals surface area contributed by atoms with E-state index in [0.717, 1.165) is 0 Å². The normalized spacial score (nSPS) is 12.2. The molecule has 2 rings (SSSR count). The molecule has 1 aromatic heterocycles. The first kappa shape index (κ1) is 23.4. The van der Waals surface area contributed by atoms with E-state index in [4.69, 9.17) is 9.84 Å². The number of aliphatic hydroxyl groups is 2. The van der Waals surface area contributed by atoms with Gasteiger partial charge in [0, 0.05) is 25.4 Å². The Morgan fingerprint density at radius 2 is 1.97 bits per heavy atom. The van der Waals surface area contributed by atoms with Gasteiger partial charge in [0.25, 0.3) is 0 Å². The summed E-state index contributed by atoms with van der Waals surface area (Å²) in [6.07, 6.45) is 1.99. The molecule has 0 bridgehead atoms. The van der Waals surface area contributed by atoms with Crippen molar-refractivity contribution in [3.8, 4) is 5.75 Å². The molecule has 30 heavy (non-hydrogen) atoms. The summed E-state index contributed by atoms with van der Waals surface area (Å²) < 4.78 is 5.47. The van der Waals surface area contributed by atoms with E-state index < -0.39 is 5.60 Å². The molecule has 1 unspecified atom stereocenters. The molecule has 0 saturated heterocycles. The highest BCUT2D eigenvalue weighted by molar-refractivity contribution is 5.98. The molecular weight excluding hydrogens is 386 g/mol. The third kappa shape index (κ3) is 6.57. The van der Waals surface area contributed by atoms with Crippen LogP contribution in [0.3, 0.4) is 0 Å². The number of amides is 2. The quantitative estimate of drug-likeness (QED) is 0.439. The van der Waals surface area contributed by atoms with Crippen molar-refractivity contribution in [3.63, 3.8) is 0 Å². The number of aliphatic hydroxyl groups excluding tert-OH is 1. The van der Waals surface area contributed by atoms with E-state index in [2.05, 4.69) is 20.6 Å². The smallest absolute Gasteiger partial charge is 0.327 e. The molecule has 4 N–H and O–H groups in total. The predicted octanol–water partition coefficient (Wildman–Crippen LogP) is 2.68. The number of nitrogens with one attached hydrogen (secondary N) is 2. The van der Waals surface area contributed by atoms with E-state index in [1.807, 2.05) is 13.8 Å². The summed E-state index contributed by atoms with van der Waals surface area (Å²) in [5.74, 6) is 1.35. The highest BCUT2D eigenvalue weighted by Crippen LogP contribution is 2.27. The number of nitrogens with zero attached hydrogens (tertiary/aromatic N) is 3. The minimum Gasteiger partial charge on any atom is -0.494 e. The molecule has 9 nitrogen and oxygen atoms in total. The largest absolute Gasteiger partial charge is 0.494 e. The maximum absolute atomic E-state index is 12.9. The fourth-order valence-electron chi connectivity index (χ4n) is 2.48. The number of rotatable bonds is 10. The summed E-state index contributed by atoms with van der Waals surface area (Å²) in [7, 11) is 0. The van der Waals surface area contributed by atoms with Crippen LogP contribution in [0.4, 0.5) is 22.2 Å². The van der Waals surface area contributed by atoms with Gasteiger partial charge in [-0.15, -0.1) is 0 Å². The molecule has 0 spiro atoms. The SMILES string of the molecule is CCOc1ccc(N(C(=O)NCCCO)c2ccnc(NC(C)C(C)(C)O)n2)cc1. The van der Waals surface area contributed by atoms with Gasteiger partial charge in [-0.2, -0.15) is 4.98 Å². The number of ether oxygens (including phenoxy) is 1. The zero-order valence-corrected chi connectivity index (χ0v) is 17.9. The molecule has 0 aliphatic carbocycles. The molecular formula is C21H31N5O4. The Bertz CT molecular complexity index is 808. The average Bonchev–Trinajstić information content (AvgIpc) is 2.69. The number of carbonyl (C=O) groups is 1. The first-order valence-corrected chi connectivity index (χ1v) is 10.00. The van der Waals surface area contributed by atoms with Crippen molar-refractivity contribution < 1.29 is 19.7 Å². The molecule has 1 heterocycles. The molecule has 0 aliphatic rings. The zero-order valence-electron chi connectivity index (χ0n) is 17.9. The van der Waals surface area contributed by atoms with Gasteiger partial charge in [0.1, 0.15) is 11.6 Å². The zero-order chi connectivity index (χ0) is 22.1. The lowest BCUT2D eigenvalue weighted by Crippen LogP contribution is -2.40. The van der Waals surface area contributed by atoms with Crippen LogP contribution in [0.15, 0.2) is 36.5 Å². The Labute approximate surface area is 177 Å². The van der Waals surface area contributed by atoms with E-state index >= 15 is 0 Å². The molecule has 2 amide bonds. The lowest BCUT2D eigenvalue weighted by molar-refractivity contribution is 0.0646. The van der Waals surface area contributed by atoms with Crippen molar-refractivity contribution in [1.82, 2.24) is 15.3 Å². The number of carbonyl (C=O) groups excluding carboxylic acids is 1. The van der Waals surface area contributed by atoms with Crippen LogP contribution in [0.1, 0.15) is 34.1 Å². The molecule has 164 valence electrons. The number of aromatic nitrogens is 2. The Balaban J connectivity index is 2.34. The number of hydrogen-bond acceptors (Lipinski definition) is 7. The van der Waals surface area contributed by atoms with Gasteiger partial charge in [-0.3, -0.25) is 0 Å². The maximum Gasteiger partial charge on any atom is 0.327 e. The second-order valence-electron chi connectivity index (χ2n) is 7.33. The second kappa shape index (κ2) is 10.7. The average molecular weight is 418 g/mol. The Hall–Kier alpha value is -2.91. The summed E-state index contributed by atoms with van der Waals surface area (Å²) >= 11 is 0. The van der Waals surface area contributed by atoms with Crippen LogP contribution in [-0.4, -0.2) is 57.6 Å². The van der Waals surface area contributed by atoms with Gasteiger partial charge in [0.05, 0.1) is 23.9 Å². The van der Waals surface area contributed by atoms with Crippen molar-refractivity contribution in [3.05, 3.63) is 36.5 Å². The molecule has 2 aromatic rings. The summed E-state index contributed by atoms with van der Waals surface area (Å²) in [6.45, 7) is 7.96. The number of anilines is 3. The molecule has 0 saturated carbocycles. The molecule has 1 atom stereocenters. The van der Waals surface area contributed by atoms with Crippen LogP contribution in [0.5, 0.6) is 5.75 Å². The third-order valence-corrected chi connectivity index (χ3v) is 4.50. The van der Waals surface area contributed by atoms with Gasteiger partial charge in [0.2, 0.25) is 5.95 Å². The fraction of sp³-hybridized carbons (Fsp3) is 0.476. The lowest BCUT2D eigenvalue weighted by Gasteiger charge is -2.27. The molecule has 1 aromatic carbocycles. The number of hydrogen-bond donors (Lipinski definition) is 4. The van der Waals surface area contributed by atoms with Crippen molar-refractivity contribution in [2.45, 2.75) is 45.8 Å². The summed E-state index contributed by atoms with van der Waals surface area (Å²) in [5.41, 5.74) is -0.379. The van der Waals surface area contributed by atoms with Crippen LogP contribution >= 0.6 is 0 Å². The summed E-state index contributed by atoms with van der Waals surface area (Å²) in [5, 5.41) is 25.0. The standard InChI is InChI=1S/C21H31N5O4/c1-5-30-17-9-7-16(8-10-17)26(20(28)23-12-6-14-27)18-11-13-22-19(25-18)24-15(2)21(3,4)29/h7-11,13,15,27,29H,5-6,12,14H2,1-4H3,(H,23,28)(H,22,24,25). The minimum absolute atomic E-state index is 0.0141. The predicted molar refractivity (Wildman–Crippen MR) is 116 cm³/mol. The van der Waals surface area contributed by atoms with Gasteiger partial charge >= 0.3 is 6.03 Å². The first-order chi connectivity index (χ1) is 14.3. The Morgan fingerprint density at radius 1 is 1.27 bits per heavy atom. The first-order valence-electron chi connectivity index (χ1n) is 10.00. The van der Waals surface area contributed by atoms with Gasteiger partial charge in [-0.25, -0.2) is 14.7 Å². The third-order valence-electron chi connectivity index (χ3n) is 4.50. The monoisotopic (exact) mass is 417 g/mol. The Morgan fingerprint density at radius 3 is 2.57 bits per heavy atom. The van der Waals surface area contributed by atoms with Crippen LogP contribution in [-0.2, 0) is 0 Å². The summed E-state index contributed by atoms with van der Waals surface area (Å²) in [4.78, 5) is 23.0. The molecule has 0 radical (unpaired) electrons. The van der Waals surface area contributed by atoms with Crippen molar-refractivity contribution in [1.29, 1.82) is 0 Å². The molecule has 0 fully saturated rings. The van der Waals surface area contributed by atoms with Crippen molar-refractivity contribution >= 4 is 23.5 Å². The van der Waals surface area contributed by atoms with E-state index in [1.165, 1.54) is 4.90 Å². The van der Waals surface area contributed by atoms with E-state index in [1.54, 1.807) is 50.4 Å². The van der Waals surface area contributed by atoms with Crippen LogP contribution < -0.4 is 20.3 Å². The maximum atomic E-state index is 12.9. The molecule has 9 heteroatoms. The van der Waals surface area contributed by atoms with Gasteiger partial charge in [-0.05, 0) is 58.4 Å². The highest BCUT2D eigenvalue weighted by atomic mass is 16.5. The topological polar surface area (TPSA) is 120 Å². The van der Waals surface area contributed by atoms with Crippen molar-refractivity contribution in [2.75, 3.05) is 30.0 Å². The van der Waals surface area contributed by atoms with E-state index in [-0.39, 0.29) is 18.7 Å². The highest BCUT2D eigenvalue weighted by Gasteiger charge is 2.24. The lowest BCUT2D eigenvalue weighted by atomic mass is 10.0. The second-order valence-corrected chi connectivity index (χ2v) is 7.33. The van der Waals surface area contributed by atoms with Gasteiger partial charge < -0.3 is 25.6 Å². The van der Waals surface area contributed by atoms with Crippen LogP contribution in [0.2, 0.25) is 0 Å². The van der Waals surface area contributed by atoms with E-state index in [9.17, 15) is 9.90 Å². The fourth-order valence-corrected chi connectivity index (χ4v) is 2.48. The minimum atomic E-state index is -0.976. The van der Waals surface area contributed by atoms with Crippen LogP contribution in [0.25, 0.3) is 0 Å². The number of benzene rings is 1. The Kier molecular flexibility index (Phi) is 8.37. The van der Waals surface area contributed by atoms with Crippen LogP contribution in [0, 0.1) is 0 Å². The number of urea groups is 1. The van der Waals surface area contributed by atoms with Gasteiger partial charge in [-0.1, -0.05) is 0 Å². The molecule has 0 aliphatic heterocycles. The van der Waals surface area contributed by atoms with E-state index in [0.29, 0.717) is 42.8 Å². The van der Waals surface area contributed by atoms with Gasteiger partial charge in [0.15, 0.2) is 0 Å². The van der Waals surface area contributed by atoms with Crippen molar-refractivity contribution in [2.24, 2.45) is 0 Å².